The average molecular weight is 406 g/mol. The van der Waals surface area contributed by atoms with E-state index in [1.54, 1.807) is 12.1 Å². The van der Waals surface area contributed by atoms with Crippen molar-refractivity contribution >= 4 is 35.9 Å². The topological polar surface area (TPSA) is 109 Å². The van der Waals surface area contributed by atoms with E-state index >= 15 is 0 Å². The van der Waals surface area contributed by atoms with E-state index < -0.39 is 6.04 Å². The van der Waals surface area contributed by atoms with Gasteiger partial charge in [0.15, 0.2) is 0 Å². The molecule has 0 radical (unpaired) electrons. The first-order valence-electron chi connectivity index (χ1n) is 8.96. The molecule has 2 aromatic rings. The minimum Gasteiger partial charge on any atom is -0.384 e. The predicted octanol–water partition coefficient (Wildman–Crippen LogP) is 3.25. The molecule has 0 bridgehead atoms. The number of nitrogens with one attached hydrogen (secondary N) is 3. The van der Waals surface area contributed by atoms with Gasteiger partial charge < -0.3 is 21.7 Å². The number of aryl methyl sites for hydroxylation is 1. The monoisotopic (exact) mass is 405 g/mol. The Labute approximate surface area is 171 Å². The van der Waals surface area contributed by atoms with Crippen molar-refractivity contribution in [2.75, 3.05) is 11.1 Å². The summed E-state index contributed by atoms with van der Waals surface area (Å²) in [6.45, 7) is 6.40. The van der Waals surface area contributed by atoms with Crippen LogP contribution in [-0.4, -0.2) is 23.0 Å². The number of carbonyl (C=O) groups is 2. The molecule has 28 heavy (non-hydrogen) atoms. The van der Waals surface area contributed by atoms with Gasteiger partial charge in [0, 0.05) is 6.54 Å². The first-order chi connectivity index (χ1) is 12.8. The molecule has 1 aromatic heterocycles. The van der Waals surface area contributed by atoms with E-state index in [1.165, 1.54) is 6.20 Å². The number of carbonyl (C=O) groups excluding carboxylic acids is 2. The van der Waals surface area contributed by atoms with E-state index in [4.69, 9.17) is 5.73 Å². The molecule has 0 aliphatic carbocycles. The SMILES string of the molecule is Cc1ccc(CNC(=O)NC(CC(C)C)C(=O)Nc2ccc(N)nc2)cc1.Cl. The maximum Gasteiger partial charge on any atom is 0.315 e. The summed E-state index contributed by atoms with van der Waals surface area (Å²) in [5, 5.41) is 8.30. The van der Waals surface area contributed by atoms with Gasteiger partial charge in [-0.25, -0.2) is 9.78 Å². The fourth-order valence-electron chi connectivity index (χ4n) is 2.51. The van der Waals surface area contributed by atoms with Gasteiger partial charge in [0.05, 0.1) is 11.9 Å². The maximum atomic E-state index is 12.6. The van der Waals surface area contributed by atoms with Crippen molar-refractivity contribution in [1.82, 2.24) is 15.6 Å². The van der Waals surface area contributed by atoms with Crippen molar-refractivity contribution in [2.24, 2.45) is 5.92 Å². The molecule has 3 amide bonds. The highest BCUT2D eigenvalue weighted by Gasteiger charge is 2.22. The lowest BCUT2D eigenvalue weighted by Crippen LogP contribution is -2.48. The van der Waals surface area contributed by atoms with Crippen LogP contribution in [0, 0.1) is 12.8 Å². The molecule has 152 valence electrons. The van der Waals surface area contributed by atoms with Crippen LogP contribution in [0.2, 0.25) is 0 Å². The molecule has 1 aromatic carbocycles. The third kappa shape index (κ3) is 7.84. The van der Waals surface area contributed by atoms with Crippen LogP contribution in [0.15, 0.2) is 42.6 Å². The minimum atomic E-state index is -0.652. The number of rotatable bonds is 7. The van der Waals surface area contributed by atoms with Crippen molar-refractivity contribution in [3.8, 4) is 0 Å². The van der Waals surface area contributed by atoms with Gasteiger partial charge in [0.1, 0.15) is 11.9 Å². The molecule has 0 saturated heterocycles. The molecule has 0 fully saturated rings. The number of halogens is 1. The van der Waals surface area contributed by atoms with Crippen LogP contribution in [0.4, 0.5) is 16.3 Å². The summed E-state index contributed by atoms with van der Waals surface area (Å²) < 4.78 is 0. The van der Waals surface area contributed by atoms with Crippen molar-refractivity contribution in [3.63, 3.8) is 0 Å². The Bertz CT molecular complexity index is 763. The molecule has 1 heterocycles. The number of nitrogens with two attached hydrogens (primary N) is 1. The Hall–Kier alpha value is -2.80. The number of hydrogen-bond donors (Lipinski definition) is 4. The summed E-state index contributed by atoms with van der Waals surface area (Å²) in [6.07, 6.45) is 2.00. The fourth-order valence-corrected chi connectivity index (χ4v) is 2.51. The highest BCUT2D eigenvalue weighted by atomic mass is 35.5. The van der Waals surface area contributed by atoms with Crippen LogP contribution in [0.3, 0.4) is 0 Å². The Morgan fingerprint density at radius 3 is 2.36 bits per heavy atom. The van der Waals surface area contributed by atoms with Gasteiger partial charge in [-0.2, -0.15) is 0 Å². The van der Waals surface area contributed by atoms with Crippen LogP contribution in [0.5, 0.6) is 0 Å². The first kappa shape index (κ1) is 23.2. The molecule has 0 saturated carbocycles. The van der Waals surface area contributed by atoms with Crippen LogP contribution in [0.25, 0.3) is 0 Å². The number of anilines is 2. The molecule has 8 heteroatoms. The van der Waals surface area contributed by atoms with E-state index in [0.29, 0.717) is 24.5 Å². The second-order valence-electron chi connectivity index (χ2n) is 6.96. The average Bonchev–Trinajstić information content (AvgIpc) is 2.62. The fraction of sp³-hybridized carbons (Fsp3) is 0.350. The standard InChI is InChI=1S/C20H27N5O2.ClH/c1-13(2)10-17(19(26)24-16-8-9-18(21)22-12-16)25-20(27)23-11-15-6-4-14(3)5-7-15;/h4-9,12-13,17H,10-11H2,1-3H3,(H2,21,22)(H,24,26)(H2,23,25,27);1H. The minimum absolute atomic E-state index is 0. The molecule has 5 N–H and O–H groups in total. The van der Waals surface area contributed by atoms with E-state index in [9.17, 15) is 9.59 Å². The quantitative estimate of drug-likeness (QED) is 0.566. The highest BCUT2D eigenvalue weighted by Crippen LogP contribution is 2.11. The smallest absolute Gasteiger partial charge is 0.315 e. The zero-order valence-corrected chi connectivity index (χ0v) is 17.2. The Balaban J connectivity index is 0.00000392. The number of amides is 3. The lowest BCUT2D eigenvalue weighted by Gasteiger charge is -2.20. The van der Waals surface area contributed by atoms with Gasteiger partial charge in [-0.15, -0.1) is 12.4 Å². The summed E-state index contributed by atoms with van der Waals surface area (Å²) in [4.78, 5) is 28.8. The van der Waals surface area contributed by atoms with Gasteiger partial charge in [-0.3, -0.25) is 4.79 Å². The van der Waals surface area contributed by atoms with Gasteiger partial charge in [0.2, 0.25) is 5.91 Å². The molecule has 1 atom stereocenters. The molecule has 1 unspecified atom stereocenters. The lowest BCUT2D eigenvalue weighted by atomic mass is 10.0. The third-order valence-corrected chi connectivity index (χ3v) is 3.96. The summed E-state index contributed by atoms with van der Waals surface area (Å²) in [7, 11) is 0. The number of pyridine rings is 1. The normalized spacial score (nSPS) is 11.3. The van der Waals surface area contributed by atoms with Crippen molar-refractivity contribution < 1.29 is 9.59 Å². The number of urea groups is 1. The lowest BCUT2D eigenvalue weighted by molar-refractivity contribution is -0.118. The summed E-state index contributed by atoms with van der Waals surface area (Å²) in [5.74, 6) is 0.323. The molecular formula is C20H28ClN5O2. The third-order valence-electron chi connectivity index (χ3n) is 3.96. The van der Waals surface area contributed by atoms with Crippen LogP contribution >= 0.6 is 12.4 Å². The summed E-state index contributed by atoms with van der Waals surface area (Å²) in [5.41, 5.74) is 8.24. The van der Waals surface area contributed by atoms with Crippen molar-refractivity contribution in [3.05, 3.63) is 53.7 Å². The predicted molar refractivity (Wildman–Crippen MR) is 114 cm³/mol. The van der Waals surface area contributed by atoms with Crippen LogP contribution in [-0.2, 0) is 11.3 Å². The molecule has 2 rings (SSSR count). The number of nitrogen functional groups attached to an aromatic ring is 1. The van der Waals surface area contributed by atoms with E-state index in [0.717, 1.165) is 11.1 Å². The van der Waals surface area contributed by atoms with E-state index in [-0.39, 0.29) is 30.3 Å². The number of aromatic nitrogens is 1. The number of hydrogen-bond acceptors (Lipinski definition) is 4. The second-order valence-corrected chi connectivity index (χ2v) is 6.96. The molecule has 7 nitrogen and oxygen atoms in total. The van der Waals surface area contributed by atoms with Crippen LogP contribution < -0.4 is 21.7 Å². The summed E-state index contributed by atoms with van der Waals surface area (Å²) in [6, 6.07) is 10.1. The van der Waals surface area contributed by atoms with Crippen LogP contribution in [0.1, 0.15) is 31.4 Å². The number of benzene rings is 1. The molecular weight excluding hydrogens is 378 g/mol. The highest BCUT2D eigenvalue weighted by molar-refractivity contribution is 5.96. The van der Waals surface area contributed by atoms with Crippen molar-refractivity contribution in [1.29, 1.82) is 0 Å². The van der Waals surface area contributed by atoms with E-state index in [2.05, 4.69) is 20.9 Å². The number of nitrogens with zero attached hydrogens (tertiary/aromatic N) is 1. The molecule has 0 spiro atoms. The molecule has 0 aliphatic heterocycles. The Kier molecular flexibility index (Phi) is 9.24. The van der Waals surface area contributed by atoms with E-state index in [1.807, 2.05) is 45.0 Å². The van der Waals surface area contributed by atoms with Gasteiger partial charge in [0.25, 0.3) is 0 Å². The first-order valence-corrected chi connectivity index (χ1v) is 8.96. The van der Waals surface area contributed by atoms with Gasteiger partial charge in [-0.1, -0.05) is 43.7 Å². The Morgan fingerprint density at radius 2 is 1.79 bits per heavy atom. The van der Waals surface area contributed by atoms with Gasteiger partial charge in [-0.05, 0) is 37.0 Å². The largest absolute Gasteiger partial charge is 0.384 e. The van der Waals surface area contributed by atoms with Crippen molar-refractivity contribution in [2.45, 2.75) is 39.8 Å². The zero-order valence-electron chi connectivity index (χ0n) is 16.4. The zero-order chi connectivity index (χ0) is 19.8. The van der Waals surface area contributed by atoms with Gasteiger partial charge >= 0.3 is 6.03 Å². The molecule has 0 aliphatic rings. The maximum absolute atomic E-state index is 12.6. The second kappa shape index (κ2) is 11.1. The Morgan fingerprint density at radius 1 is 1.11 bits per heavy atom. The summed E-state index contributed by atoms with van der Waals surface area (Å²) >= 11 is 0.